The number of ether oxygens (including phenoxy) is 3. The van der Waals surface area contributed by atoms with Crippen molar-refractivity contribution < 1.29 is 14.2 Å². The number of rotatable bonds is 8. The van der Waals surface area contributed by atoms with Crippen LogP contribution in [0.4, 0.5) is 0 Å². The fourth-order valence-corrected chi connectivity index (χ4v) is 3.29. The molecule has 150 valence electrons. The summed E-state index contributed by atoms with van der Waals surface area (Å²) >= 11 is 0. The van der Waals surface area contributed by atoms with Crippen LogP contribution in [0.15, 0.2) is 30.6 Å². The normalized spacial score (nSPS) is 17.4. The number of hydrogen-bond acceptors (Lipinski definition) is 6. The molecule has 1 saturated heterocycles. The highest BCUT2D eigenvalue weighted by Gasteiger charge is 2.26. The third-order valence-electron chi connectivity index (χ3n) is 4.67. The van der Waals surface area contributed by atoms with Crippen LogP contribution < -0.4 is 14.8 Å². The quantitative estimate of drug-likeness (QED) is 0.689. The van der Waals surface area contributed by atoms with Crippen LogP contribution in [-0.4, -0.2) is 61.5 Å². The van der Waals surface area contributed by atoms with E-state index in [1.807, 2.05) is 25.5 Å². The molecule has 2 aromatic rings. The van der Waals surface area contributed by atoms with Gasteiger partial charge in [-0.1, -0.05) is 6.07 Å². The van der Waals surface area contributed by atoms with Gasteiger partial charge in [-0.25, -0.2) is 4.98 Å². The molecule has 1 unspecified atom stereocenters. The van der Waals surface area contributed by atoms with E-state index in [1.165, 1.54) is 5.56 Å². The van der Waals surface area contributed by atoms with Crippen LogP contribution in [0.3, 0.4) is 0 Å². The van der Waals surface area contributed by atoms with Gasteiger partial charge < -0.3 is 24.1 Å². The highest BCUT2D eigenvalue weighted by atomic mass is 35.5. The van der Waals surface area contributed by atoms with Crippen molar-refractivity contribution in [1.82, 2.24) is 19.8 Å². The van der Waals surface area contributed by atoms with E-state index in [4.69, 9.17) is 14.2 Å². The van der Waals surface area contributed by atoms with Gasteiger partial charge in [-0.15, -0.1) is 12.4 Å². The van der Waals surface area contributed by atoms with Crippen molar-refractivity contribution in [3.63, 3.8) is 0 Å². The molecule has 1 fully saturated rings. The molecule has 0 radical (unpaired) electrons. The summed E-state index contributed by atoms with van der Waals surface area (Å²) in [6.07, 6.45) is 3.86. The summed E-state index contributed by atoms with van der Waals surface area (Å²) in [5.74, 6) is 2.58. The first kappa shape index (κ1) is 21.5. The third-order valence-corrected chi connectivity index (χ3v) is 4.67. The second-order valence-electron chi connectivity index (χ2n) is 6.41. The summed E-state index contributed by atoms with van der Waals surface area (Å²) < 4.78 is 18.4. The second kappa shape index (κ2) is 10.5. The molecule has 0 amide bonds. The lowest BCUT2D eigenvalue weighted by Gasteiger charge is -2.35. The molecule has 1 aliphatic heterocycles. The number of nitrogens with one attached hydrogen (secondary N) is 1. The van der Waals surface area contributed by atoms with E-state index in [-0.39, 0.29) is 18.4 Å². The summed E-state index contributed by atoms with van der Waals surface area (Å²) in [6.45, 7) is 4.76. The first-order valence-electron chi connectivity index (χ1n) is 8.93. The molecule has 7 nitrogen and oxygen atoms in total. The summed E-state index contributed by atoms with van der Waals surface area (Å²) in [6, 6.07) is 6.39. The van der Waals surface area contributed by atoms with Crippen molar-refractivity contribution in [2.45, 2.75) is 12.6 Å². The van der Waals surface area contributed by atoms with E-state index in [9.17, 15) is 0 Å². The van der Waals surface area contributed by atoms with Gasteiger partial charge in [0, 0.05) is 52.7 Å². The number of benzene rings is 1. The topological polar surface area (TPSA) is 60.8 Å². The van der Waals surface area contributed by atoms with Crippen molar-refractivity contribution in [3.8, 4) is 11.5 Å². The van der Waals surface area contributed by atoms with Gasteiger partial charge in [-0.3, -0.25) is 4.90 Å². The minimum absolute atomic E-state index is 0. The van der Waals surface area contributed by atoms with E-state index in [1.54, 1.807) is 14.2 Å². The van der Waals surface area contributed by atoms with Gasteiger partial charge in [0.15, 0.2) is 11.5 Å². The number of hydrogen-bond donors (Lipinski definition) is 1. The maximum atomic E-state index is 5.72. The zero-order chi connectivity index (χ0) is 18.4. The van der Waals surface area contributed by atoms with Crippen molar-refractivity contribution in [2.24, 2.45) is 7.05 Å². The van der Waals surface area contributed by atoms with Crippen LogP contribution in [0.2, 0.25) is 0 Å². The molecule has 27 heavy (non-hydrogen) atoms. The number of halogens is 1. The van der Waals surface area contributed by atoms with Gasteiger partial charge in [0.2, 0.25) is 0 Å². The number of aryl methyl sites for hydroxylation is 1. The van der Waals surface area contributed by atoms with E-state index in [0.717, 1.165) is 43.5 Å². The second-order valence-corrected chi connectivity index (χ2v) is 6.41. The van der Waals surface area contributed by atoms with E-state index < -0.39 is 0 Å². The highest BCUT2D eigenvalue weighted by molar-refractivity contribution is 5.85. The minimum Gasteiger partial charge on any atom is -0.493 e. The Morgan fingerprint density at radius 3 is 2.78 bits per heavy atom. The molecular weight excluding hydrogens is 368 g/mol. The first-order valence-corrected chi connectivity index (χ1v) is 8.93. The Hall–Kier alpha value is -1.80. The van der Waals surface area contributed by atoms with Gasteiger partial charge in [0.1, 0.15) is 12.4 Å². The summed E-state index contributed by atoms with van der Waals surface area (Å²) in [5.41, 5.74) is 1.20. The number of aromatic nitrogens is 2. The Morgan fingerprint density at radius 2 is 2.07 bits per heavy atom. The van der Waals surface area contributed by atoms with Gasteiger partial charge in [0.25, 0.3) is 0 Å². The SMILES string of the molecule is COCCOc1ccc(CN2CCNCC2c2nccn2C)cc1OC.Cl. The van der Waals surface area contributed by atoms with E-state index in [2.05, 4.69) is 31.9 Å². The summed E-state index contributed by atoms with van der Waals surface area (Å²) in [4.78, 5) is 7.00. The Kier molecular flexibility index (Phi) is 8.37. The average Bonchev–Trinajstić information content (AvgIpc) is 3.09. The molecule has 0 aliphatic carbocycles. The lowest BCUT2D eigenvalue weighted by molar-refractivity contribution is 0.142. The molecule has 1 aromatic carbocycles. The zero-order valence-electron chi connectivity index (χ0n) is 16.2. The van der Waals surface area contributed by atoms with Crippen LogP contribution in [0.5, 0.6) is 11.5 Å². The standard InChI is InChI=1S/C19H28N4O3.ClH/c1-22-8-7-21-19(22)16-13-20-6-9-23(16)14-15-4-5-17(18(12-15)25-3)26-11-10-24-2;/h4-5,7-8,12,16,20H,6,9-11,13-14H2,1-3H3;1H. The lowest BCUT2D eigenvalue weighted by atomic mass is 10.1. The maximum absolute atomic E-state index is 5.72. The molecule has 1 aromatic heterocycles. The first-order chi connectivity index (χ1) is 12.7. The van der Waals surface area contributed by atoms with Crippen LogP contribution in [0.1, 0.15) is 17.4 Å². The molecule has 3 rings (SSSR count). The molecule has 8 heteroatoms. The smallest absolute Gasteiger partial charge is 0.161 e. The Bertz CT molecular complexity index is 710. The molecule has 1 atom stereocenters. The Morgan fingerprint density at radius 1 is 1.22 bits per heavy atom. The monoisotopic (exact) mass is 396 g/mol. The van der Waals surface area contributed by atoms with Gasteiger partial charge in [-0.05, 0) is 17.7 Å². The van der Waals surface area contributed by atoms with Crippen molar-refractivity contribution >= 4 is 12.4 Å². The third kappa shape index (κ3) is 5.35. The summed E-state index contributed by atoms with van der Waals surface area (Å²) in [5, 5.41) is 3.47. The predicted octanol–water partition coefficient (Wildman–Crippen LogP) is 2.02. The number of nitrogens with zero attached hydrogens (tertiary/aromatic N) is 3. The van der Waals surface area contributed by atoms with Crippen LogP contribution in [0, 0.1) is 0 Å². The number of piperazine rings is 1. The number of methoxy groups -OCH3 is 2. The molecule has 0 spiro atoms. The van der Waals surface area contributed by atoms with Gasteiger partial charge >= 0.3 is 0 Å². The van der Waals surface area contributed by atoms with Crippen molar-refractivity contribution in [3.05, 3.63) is 42.0 Å². The van der Waals surface area contributed by atoms with Crippen LogP contribution in [-0.2, 0) is 18.3 Å². The van der Waals surface area contributed by atoms with Gasteiger partial charge in [0.05, 0.1) is 19.8 Å². The highest BCUT2D eigenvalue weighted by Crippen LogP contribution is 2.30. The Labute approximate surface area is 167 Å². The average molecular weight is 397 g/mol. The Balaban J connectivity index is 0.00000261. The van der Waals surface area contributed by atoms with Crippen LogP contribution in [0.25, 0.3) is 0 Å². The molecule has 2 heterocycles. The fourth-order valence-electron chi connectivity index (χ4n) is 3.29. The maximum Gasteiger partial charge on any atom is 0.161 e. The molecular formula is C19H29ClN4O3. The van der Waals surface area contributed by atoms with Crippen LogP contribution >= 0.6 is 12.4 Å². The lowest BCUT2D eigenvalue weighted by Crippen LogP contribution is -2.46. The molecule has 0 bridgehead atoms. The van der Waals surface area contributed by atoms with Crippen molar-refractivity contribution in [1.29, 1.82) is 0 Å². The van der Waals surface area contributed by atoms with E-state index in [0.29, 0.717) is 13.2 Å². The number of imidazole rings is 1. The summed E-state index contributed by atoms with van der Waals surface area (Å²) in [7, 11) is 5.38. The predicted molar refractivity (Wildman–Crippen MR) is 107 cm³/mol. The fraction of sp³-hybridized carbons (Fsp3) is 0.526. The molecule has 1 aliphatic rings. The minimum atomic E-state index is 0. The molecule has 1 N–H and O–H groups in total. The molecule has 0 saturated carbocycles. The van der Waals surface area contributed by atoms with Gasteiger partial charge in [-0.2, -0.15) is 0 Å². The van der Waals surface area contributed by atoms with E-state index >= 15 is 0 Å². The largest absolute Gasteiger partial charge is 0.493 e. The van der Waals surface area contributed by atoms with Crippen molar-refractivity contribution in [2.75, 3.05) is 47.1 Å². The zero-order valence-corrected chi connectivity index (χ0v) is 17.0.